The fourth-order valence-corrected chi connectivity index (χ4v) is 3.03. The molecule has 3 rings (SSSR count). The van der Waals surface area contributed by atoms with E-state index in [-0.39, 0.29) is 5.92 Å². The molecule has 0 saturated carbocycles. The molecule has 24 heavy (non-hydrogen) atoms. The number of aliphatic imine (C=N–C) groups is 1. The number of ether oxygens (including phenoxy) is 1. The third-order valence-electron chi connectivity index (χ3n) is 4.37. The maximum atomic E-state index is 12.2. The number of benzene rings is 2. The number of methoxy groups -OCH3 is 1. The highest BCUT2D eigenvalue weighted by Gasteiger charge is 2.32. The molecular weight excluding hydrogens is 302 g/mol. The van der Waals surface area contributed by atoms with Crippen molar-refractivity contribution in [1.29, 1.82) is 0 Å². The Morgan fingerprint density at radius 2 is 1.42 bits per heavy atom. The first-order valence-corrected chi connectivity index (χ1v) is 8.07. The van der Waals surface area contributed by atoms with Crippen molar-refractivity contribution in [1.82, 2.24) is 0 Å². The SMILES string of the molecule is COC(=O)C(N=C1c2ccccc2-c2ccccc21)C(O)C(C)C. The third-order valence-corrected chi connectivity index (χ3v) is 4.37. The van der Waals surface area contributed by atoms with Crippen LogP contribution in [0, 0.1) is 5.92 Å². The molecule has 2 unspecified atom stereocenters. The van der Waals surface area contributed by atoms with Gasteiger partial charge in [-0.15, -0.1) is 0 Å². The zero-order valence-corrected chi connectivity index (χ0v) is 14.1. The van der Waals surface area contributed by atoms with Gasteiger partial charge in [0.15, 0.2) is 6.04 Å². The second-order valence-corrected chi connectivity index (χ2v) is 6.27. The van der Waals surface area contributed by atoms with Gasteiger partial charge in [0, 0.05) is 11.1 Å². The summed E-state index contributed by atoms with van der Waals surface area (Å²) >= 11 is 0. The number of esters is 1. The van der Waals surface area contributed by atoms with Crippen molar-refractivity contribution >= 4 is 11.7 Å². The fourth-order valence-electron chi connectivity index (χ4n) is 3.03. The quantitative estimate of drug-likeness (QED) is 0.751. The van der Waals surface area contributed by atoms with Crippen molar-refractivity contribution in [2.75, 3.05) is 7.11 Å². The Morgan fingerprint density at radius 3 is 1.83 bits per heavy atom. The van der Waals surface area contributed by atoms with Crippen molar-refractivity contribution in [2.24, 2.45) is 10.9 Å². The molecule has 1 aliphatic carbocycles. The summed E-state index contributed by atoms with van der Waals surface area (Å²) < 4.78 is 4.86. The van der Waals surface area contributed by atoms with E-state index < -0.39 is 18.1 Å². The number of aliphatic hydroxyl groups excluding tert-OH is 1. The van der Waals surface area contributed by atoms with Gasteiger partial charge in [-0.25, -0.2) is 4.79 Å². The summed E-state index contributed by atoms with van der Waals surface area (Å²) in [4.78, 5) is 16.8. The summed E-state index contributed by atoms with van der Waals surface area (Å²) in [5.74, 6) is -0.629. The van der Waals surface area contributed by atoms with Crippen LogP contribution in [0.15, 0.2) is 53.5 Å². The van der Waals surface area contributed by atoms with Crippen LogP contribution in [0.25, 0.3) is 11.1 Å². The third kappa shape index (κ3) is 2.74. The molecule has 0 saturated heterocycles. The van der Waals surface area contributed by atoms with Gasteiger partial charge in [0.2, 0.25) is 0 Å². The van der Waals surface area contributed by atoms with Gasteiger partial charge in [0.25, 0.3) is 0 Å². The van der Waals surface area contributed by atoms with Crippen molar-refractivity contribution in [3.05, 3.63) is 59.7 Å². The maximum Gasteiger partial charge on any atom is 0.333 e. The maximum absolute atomic E-state index is 12.2. The molecule has 1 N–H and O–H groups in total. The molecule has 0 aliphatic heterocycles. The molecule has 124 valence electrons. The molecule has 0 bridgehead atoms. The lowest BCUT2D eigenvalue weighted by Crippen LogP contribution is -2.37. The second kappa shape index (κ2) is 6.57. The molecule has 2 aromatic rings. The average molecular weight is 323 g/mol. The van der Waals surface area contributed by atoms with Crippen LogP contribution >= 0.6 is 0 Å². The Hall–Kier alpha value is -2.46. The van der Waals surface area contributed by atoms with Gasteiger partial charge < -0.3 is 9.84 Å². The van der Waals surface area contributed by atoms with Gasteiger partial charge in [0.1, 0.15) is 0 Å². The Morgan fingerprint density at radius 1 is 0.958 bits per heavy atom. The van der Waals surface area contributed by atoms with E-state index in [9.17, 15) is 9.90 Å². The standard InChI is InChI=1S/C20H21NO3/c1-12(2)19(22)18(20(23)24-3)21-17-15-10-6-4-8-13(15)14-9-5-7-11-16(14)17/h4-12,18-19,22H,1-3H3. The molecular formula is C20H21NO3. The number of carbonyl (C=O) groups excluding carboxylic acids is 1. The van der Waals surface area contributed by atoms with Gasteiger partial charge in [0.05, 0.1) is 18.9 Å². The summed E-state index contributed by atoms with van der Waals surface area (Å²) in [5, 5.41) is 10.4. The highest BCUT2D eigenvalue weighted by atomic mass is 16.5. The van der Waals surface area contributed by atoms with Crippen molar-refractivity contribution in [3.63, 3.8) is 0 Å². The molecule has 0 aromatic heterocycles. The van der Waals surface area contributed by atoms with E-state index in [1.54, 1.807) is 0 Å². The smallest absolute Gasteiger partial charge is 0.333 e. The fraction of sp³-hybridized carbons (Fsp3) is 0.300. The van der Waals surface area contributed by atoms with Gasteiger partial charge in [-0.05, 0) is 17.0 Å². The minimum absolute atomic E-state index is 0.106. The lowest BCUT2D eigenvalue weighted by atomic mass is 9.99. The first-order valence-electron chi connectivity index (χ1n) is 8.07. The first-order chi connectivity index (χ1) is 11.5. The van der Waals surface area contributed by atoms with E-state index in [4.69, 9.17) is 4.74 Å². The van der Waals surface area contributed by atoms with Crippen LogP contribution in [0.1, 0.15) is 25.0 Å². The predicted octanol–water partition coefficient (Wildman–Crippen LogP) is 3.06. The van der Waals surface area contributed by atoms with Crippen molar-refractivity contribution < 1.29 is 14.6 Å². The molecule has 0 fully saturated rings. The second-order valence-electron chi connectivity index (χ2n) is 6.27. The molecule has 1 aliphatic rings. The highest BCUT2D eigenvalue weighted by Crippen LogP contribution is 2.37. The Bertz CT molecular complexity index is 747. The predicted molar refractivity (Wildman–Crippen MR) is 94.2 cm³/mol. The van der Waals surface area contributed by atoms with E-state index in [1.807, 2.05) is 62.4 Å². The molecule has 2 aromatic carbocycles. The first kappa shape index (κ1) is 16.4. The topological polar surface area (TPSA) is 58.9 Å². The van der Waals surface area contributed by atoms with Crippen molar-refractivity contribution in [3.8, 4) is 11.1 Å². The lowest BCUT2D eigenvalue weighted by Gasteiger charge is -2.21. The van der Waals surface area contributed by atoms with E-state index in [0.29, 0.717) is 0 Å². The molecule has 2 atom stereocenters. The highest BCUT2D eigenvalue weighted by molar-refractivity contribution is 6.24. The van der Waals surface area contributed by atoms with E-state index in [2.05, 4.69) is 4.99 Å². The number of rotatable bonds is 4. The summed E-state index contributed by atoms with van der Waals surface area (Å²) in [6.45, 7) is 3.72. The number of hydrogen-bond donors (Lipinski definition) is 1. The summed E-state index contributed by atoms with van der Waals surface area (Å²) in [6, 6.07) is 15.0. The molecule has 0 heterocycles. The van der Waals surface area contributed by atoms with Gasteiger partial charge >= 0.3 is 5.97 Å². The van der Waals surface area contributed by atoms with Crippen LogP contribution in [-0.4, -0.2) is 36.0 Å². The summed E-state index contributed by atoms with van der Waals surface area (Å²) in [5.41, 5.74) is 4.87. The monoisotopic (exact) mass is 323 g/mol. The lowest BCUT2D eigenvalue weighted by molar-refractivity contribution is -0.145. The molecule has 0 amide bonds. The van der Waals surface area contributed by atoms with Gasteiger partial charge in [-0.3, -0.25) is 4.99 Å². The molecule has 4 heteroatoms. The minimum atomic E-state index is -0.941. The number of carbonyl (C=O) groups is 1. The van der Waals surface area contributed by atoms with E-state index >= 15 is 0 Å². The largest absolute Gasteiger partial charge is 0.467 e. The number of nitrogens with zero attached hydrogens (tertiary/aromatic N) is 1. The Kier molecular flexibility index (Phi) is 4.49. The van der Waals surface area contributed by atoms with Crippen LogP contribution in [0.5, 0.6) is 0 Å². The van der Waals surface area contributed by atoms with Crippen LogP contribution < -0.4 is 0 Å². The summed E-state index contributed by atoms with van der Waals surface area (Å²) in [6.07, 6.45) is -0.898. The minimum Gasteiger partial charge on any atom is -0.467 e. The average Bonchev–Trinajstić information content (AvgIpc) is 2.92. The van der Waals surface area contributed by atoms with Crippen LogP contribution in [0.3, 0.4) is 0 Å². The van der Waals surface area contributed by atoms with Gasteiger partial charge in [-0.2, -0.15) is 0 Å². The number of fused-ring (bicyclic) bond motifs is 3. The van der Waals surface area contributed by atoms with Crippen LogP contribution in [-0.2, 0) is 9.53 Å². The normalized spacial score (nSPS) is 14.8. The van der Waals surface area contributed by atoms with Crippen molar-refractivity contribution in [2.45, 2.75) is 26.0 Å². The van der Waals surface area contributed by atoms with Crippen LogP contribution in [0.2, 0.25) is 0 Å². The molecule has 0 spiro atoms. The number of aliphatic hydroxyl groups is 1. The van der Waals surface area contributed by atoms with Gasteiger partial charge in [-0.1, -0.05) is 62.4 Å². The Balaban J connectivity index is 2.16. The van der Waals surface area contributed by atoms with Crippen LogP contribution in [0.4, 0.5) is 0 Å². The zero-order chi connectivity index (χ0) is 17.3. The van der Waals surface area contributed by atoms with E-state index in [0.717, 1.165) is 28.0 Å². The zero-order valence-electron chi connectivity index (χ0n) is 14.1. The number of hydrogen-bond acceptors (Lipinski definition) is 4. The Labute approximate surface area is 141 Å². The molecule has 4 nitrogen and oxygen atoms in total. The van der Waals surface area contributed by atoms with E-state index in [1.165, 1.54) is 7.11 Å². The summed E-state index contributed by atoms with van der Waals surface area (Å²) in [7, 11) is 1.32. The molecule has 0 radical (unpaired) electrons.